The van der Waals surface area contributed by atoms with E-state index in [0.29, 0.717) is 43.9 Å². The van der Waals surface area contributed by atoms with Crippen LogP contribution in [0.25, 0.3) is 0 Å². The number of amides is 1. The first-order chi connectivity index (χ1) is 16.5. The predicted octanol–water partition coefficient (Wildman–Crippen LogP) is 4.93. The first kappa shape index (κ1) is 22.6. The minimum atomic E-state index is -3.74. The normalized spacial score (nSPS) is 14.0. The van der Waals surface area contributed by atoms with Crippen LogP contribution in [0.5, 0.6) is 0 Å². The number of carbonyl (C=O) groups excluding carboxylic acids is 1. The Labute approximate surface area is 203 Å². The van der Waals surface area contributed by atoms with Gasteiger partial charge in [0.2, 0.25) is 10.0 Å². The summed E-state index contributed by atoms with van der Waals surface area (Å²) in [6, 6.07) is 21.8. The average Bonchev–Trinajstić information content (AvgIpc) is 3.57. The average molecular weight is 493 g/mol. The Morgan fingerprint density at radius 1 is 0.971 bits per heavy atom. The Hall–Kier alpha value is -3.20. The van der Waals surface area contributed by atoms with E-state index in [9.17, 15) is 13.2 Å². The summed E-state index contributed by atoms with van der Waals surface area (Å²) in [5.74, 6) is 0.423. The third-order valence-corrected chi connectivity index (χ3v) is 8.66. The summed E-state index contributed by atoms with van der Waals surface area (Å²) in [5, 5.41) is 1.97. The summed E-state index contributed by atoms with van der Waals surface area (Å²) < 4.78 is 33.8. The van der Waals surface area contributed by atoms with Crippen molar-refractivity contribution in [2.75, 3.05) is 6.54 Å². The maximum atomic E-state index is 13.5. The van der Waals surface area contributed by atoms with Gasteiger partial charge in [0.05, 0.1) is 24.2 Å². The molecule has 0 fully saturated rings. The lowest BCUT2D eigenvalue weighted by Gasteiger charge is -2.28. The lowest BCUT2D eigenvalue weighted by Crippen LogP contribution is -2.36. The Morgan fingerprint density at radius 3 is 2.59 bits per heavy atom. The molecule has 0 saturated heterocycles. The van der Waals surface area contributed by atoms with Gasteiger partial charge in [0.15, 0.2) is 0 Å². The van der Waals surface area contributed by atoms with Gasteiger partial charge in [-0.3, -0.25) is 4.79 Å². The smallest absolute Gasteiger partial charge is 0.254 e. The topological polar surface area (TPSA) is 70.8 Å². The number of hydrogen-bond acceptors (Lipinski definition) is 5. The van der Waals surface area contributed by atoms with Crippen molar-refractivity contribution < 1.29 is 17.6 Å². The lowest BCUT2D eigenvalue weighted by molar-refractivity contribution is 0.0719. The second-order valence-electron chi connectivity index (χ2n) is 8.21. The highest BCUT2D eigenvalue weighted by atomic mass is 32.2. The largest absolute Gasteiger partial charge is 0.467 e. The van der Waals surface area contributed by atoms with E-state index in [1.165, 1.54) is 15.9 Å². The van der Waals surface area contributed by atoms with Gasteiger partial charge in [-0.2, -0.15) is 4.31 Å². The van der Waals surface area contributed by atoms with E-state index in [1.807, 2.05) is 47.8 Å². The molecule has 0 saturated carbocycles. The lowest BCUT2D eigenvalue weighted by atomic mass is 10.0. The summed E-state index contributed by atoms with van der Waals surface area (Å²) in [6.45, 7) is 1.46. The van der Waals surface area contributed by atoms with Crippen LogP contribution in [-0.2, 0) is 36.1 Å². The van der Waals surface area contributed by atoms with E-state index in [2.05, 4.69) is 0 Å². The maximum absolute atomic E-state index is 13.5. The van der Waals surface area contributed by atoms with Gasteiger partial charge in [-0.1, -0.05) is 36.4 Å². The second kappa shape index (κ2) is 9.58. The van der Waals surface area contributed by atoms with Gasteiger partial charge in [0.25, 0.3) is 5.91 Å². The van der Waals surface area contributed by atoms with E-state index in [-0.39, 0.29) is 10.8 Å². The van der Waals surface area contributed by atoms with Gasteiger partial charge in [-0.15, -0.1) is 11.3 Å². The molecule has 0 atom stereocenters. The molecule has 2 aromatic carbocycles. The van der Waals surface area contributed by atoms with Crippen LogP contribution >= 0.6 is 11.3 Å². The molecule has 174 valence electrons. The molecule has 34 heavy (non-hydrogen) atoms. The summed E-state index contributed by atoms with van der Waals surface area (Å²) in [5.41, 5.74) is 2.53. The molecule has 8 heteroatoms. The second-order valence-corrected chi connectivity index (χ2v) is 11.2. The van der Waals surface area contributed by atoms with Gasteiger partial charge >= 0.3 is 0 Å². The number of carbonyl (C=O) groups is 1. The molecule has 1 aliphatic heterocycles. The highest BCUT2D eigenvalue weighted by molar-refractivity contribution is 7.89. The fourth-order valence-electron chi connectivity index (χ4n) is 4.18. The van der Waals surface area contributed by atoms with Gasteiger partial charge < -0.3 is 9.32 Å². The minimum Gasteiger partial charge on any atom is -0.467 e. The fourth-order valence-corrected chi connectivity index (χ4v) is 6.36. The van der Waals surface area contributed by atoms with Crippen LogP contribution in [0.2, 0.25) is 0 Å². The monoisotopic (exact) mass is 492 g/mol. The molecule has 0 unspecified atom stereocenters. The van der Waals surface area contributed by atoms with Crippen molar-refractivity contribution in [3.05, 3.63) is 112 Å². The molecule has 0 N–H and O–H groups in total. The Balaban J connectivity index is 1.41. The number of nitrogens with zero attached hydrogens (tertiary/aromatic N) is 2. The maximum Gasteiger partial charge on any atom is 0.254 e. The summed E-state index contributed by atoms with van der Waals surface area (Å²) in [6.07, 6.45) is 2.25. The van der Waals surface area contributed by atoms with Crippen molar-refractivity contribution in [3.63, 3.8) is 0 Å². The first-order valence-electron chi connectivity index (χ1n) is 11.0. The number of rotatable bonds is 7. The third kappa shape index (κ3) is 4.70. The quantitative estimate of drug-likeness (QED) is 0.367. The molecule has 1 aliphatic rings. The third-order valence-electron chi connectivity index (χ3n) is 5.96. The van der Waals surface area contributed by atoms with Crippen molar-refractivity contribution in [2.45, 2.75) is 31.0 Å². The van der Waals surface area contributed by atoms with E-state index in [0.717, 1.165) is 10.4 Å². The highest BCUT2D eigenvalue weighted by Gasteiger charge is 2.29. The Bertz CT molecular complexity index is 1340. The molecule has 3 heterocycles. The van der Waals surface area contributed by atoms with Crippen LogP contribution in [0.4, 0.5) is 0 Å². The molecule has 2 aromatic heterocycles. The summed E-state index contributed by atoms with van der Waals surface area (Å²) >= 11 is 1.57. The first-order valence-corrected chi connectivity index (χ1v) is 13.3. The number of fused-ring (bicyclic) bond motifs is 1. The zero-order valence-electron chi connectivity index (χ0n) is 18.5. The number of thiophene rings is 1. The number of benzene rings is 2. The molecule has 0 radical (unpaired) electrons. The standard InChI is InChI=1S/C26H24N2O4S2/c29-26(27(18-23-9-4-14-32-23)19-24-10-5-15-33-24)21-8-3-11-25(16-21)34(30,31)28-13-12-20-6-1-2-7-22(20)17-28/h1-11,14-16H,12-13,17-19H2. The van der Waals surface area contributed by atoms with Crippen LogP contribution < -0.4 is 0 Å². The van der Waals surface area contributed by atoms with Gasteiger partial charge in [0.1, 0.15) is 5.76 Å². The Morgan fingerprint density at radius 2 is 1.82 bits per heavy atom. The fraction of sp³-hybridized carbons (Fsp3) is 0.192. The van der Waals surface area contributed by atoms with Crippen LogP contribution in [0, 0.1) is 0 Å². The SMILES string of the molecule is O=C(c1cccc(S(=O)(=O)N2CCc3ccccc3C2)c1)N(Cc1ccco1)Cc1cccs1. The van der Waals surface area contributed by atoms with Crippen molar-refractivity contribution in [1.29, 1.82) is 0 Å². The zero-order valence-corrected chi connectivity index (χ0v) is 20.1. The molecule has 4 aromatic rings. The summed E-state index contributed by atoms with van der Waals surface area (Å²) in [7, 11) is -3.74. The minimum absolute atomic E-state index is 0.131. The molecule has 1 amide bonds. The molecule has 0 bridgehead atoms. The van der Waals surface area contributed by atoms with Crippen LogP contribution in [0.1, 0.15) is 32.1 Å². The van der Waals surface area contributed by atoms with Crippen LogP contribution in [-0.4, -0.2) is 30.1 Å². The van der Waals surface area contributed by atoms with Gasteiger partial charge in [0, 0.05) is 23.5 Å². The molecular formula is C26H24N2O4S2. The number of hydrogen-bond donors (Lipinski definition) is 0. The van der Waals surface area contributed by atoms with E-state index in [4.69, 9.17) is 4.42 Å². The molecule has 6 nitrogen and oxygen atoms in total. The summed E-state index contributed by atoms with van der Waals surface area (Å²) in [4.78, 5) is 16.3. The van der Waals surface area contributed by atoms with Crippen molar-refractivity contribution >= 4 is 27.3 Å². The predicted molar refractivity (Wildman–Crippen MR) is 131 cm³/mol. The Kier molecular flexibility index (Phi) is 6.36. The highest BCUT2D eigenvalue weighted by Crippen LogP contribution is 2.26. The number of furan rings is 1. The van der Waals surface area contributed by atoms with Gasteiger partial charge in [-0.05, 0) is 59.3 Å². The molecular weight excluding hydrogens is 468 g/mol. The molecule has 0 spiro atoms. The van der Waals surface area contributed by atoms with E-state index < -0.39 is 10.0 Å². The number of sulfonamides is 1. The van der Waals surface area contributed by atoms with Crippen molar-refractivity contribution in [1.82, 2.24) is 9.21 Å². The van der Waals surface area contributed by atoms with Crippen LogP contribution in [0.15, 0.2) is 93.8 Å². The molecule has 5 rings (SSSR count). The van der Waals surface area contributed by atoms with Crippen LogP contribution in [0.3, 0.4) is 0 Å². The molecule has 0 aliphatic carbocycles. The zero-order chi connectivity index (χ0) is 23.5. The van der Waals surface area contributed by atoms with Crippen molar-refractivity contribution in [2.24, 2.45) is 0 Å². The van der Waals surface area contributed by atoms with E-state index >= 15 is 0 Å². The van der Waals surface area contributed by atoms with Gasteiger partial charge in [-0.25, -0.2) is 8.42 Å². The van der Waals surface area contributed by atoms with Crippen molar-refractivity contribution in [3.8, 4) is 0 Å². The van der Waals surface area contributed by atoms with E-state index in [1.54, 1.807) is 46.8 Å².